The number of benzene rings is 2. The second kappa shape index (κ2) is 90.1. The van der Waals surface area contributed by atoms with E-state index in [1.54, 1.807) is 13.8 Å². The highest BCUT2D eigenvalue weighted by Crippen LogP contribution is 2.44. The normalized spacial score (nSPS) is 11.5. The number of carbonyl (C=O) groups is 2. The number of rotatable bonds is 100. The van der Waals surface area contributed by atoms with Crippen LogP contribution in [0.5, 0.6) is 34.5 Å². The van der Waals surface area contributed by atoms with Crippen molar-refractivity contribution < 1.29 is 38.0 Å². The Morgan fingerprint density at radius 2 is 0.320 bits per heavy atom. The molecule has 0 saturated heterocycles. The molecule has 12 heteroatoms. The molecule has 0 aliphatic rings. The highest BCUT2D eigenvalue weighted by Gasteiger charge is 2.25. The van der Waals surface area contributed by atoms with Crippen molar-refractivity contribution >= 4 is 23.2 Å². The quantitative estimate of drug-likeness (QED) is 0.0525. The summed E-state index contributed by atoms with van der Waals surface area (Å²) in [6, 6.07) is 7.63. The van der Waals surface area contributed by atoms with Crippen LogP contribution in [-0.4, -0.2) is 61.4 Å². The summed E-state index contributed by atoms with van der Waals surface area (Å²) in [6.45, 7) is 20.6. The maximum absolute atomic E-state index is 14.9. The van der Waals surface area contributed by atoms with Crippen LogP contribution in [0.1, 0.15) is 613 Å². The Hall–Kier alpha value is -4.74. The summed E-state index contributed by atoms with van der Waals surface area (Å²) in [5, 5.41) is 6.42. The molecule has 742 valence electrons. The van der Waals surface area contributed by atoms with Crippen LogP contribution >= 0.6 is 0 Å². The first kappa shape index (κ1) is 117. The molecule has 0 spiro atoms. The van der Waals surface area contributed by atoms with Gasteiger partial charge in [-0.3, -0.25) is 9.59 Å². The molecule has 3 rings (SSSR count). The first-order valence-corrected chi connectivity index (χ1v) is 56.8. The fourth-order valence-electron chi connectivity index (χ4n) is 18.3. The molecule has 0 unspecified atom stereocenters. The van der Waals surface area contributed by atoms with Crippen molar-refractivity contribution in [1.29, 1.82) is 0 Å². The lowest BCUT2D eigenvalue weighted by atomic mass is 10.0. The number of ether oxygens (including phenoxy) is 6. The topological polar surface area (TPSA) is 139 Å². The van der Waals surface area contributed by atoms with Crippen LogP contribution in [0.25, 0.3) is 0 Å². The Morgan fingerprint density at radius 1 is 0.195 bits per heavy atom. The summed E-state index contributed by atoms with van der Waals surface area (Å²) >= 11 is 0. The third-order valence-corrected chi connectivity index (χ3v) is 26.7. The number of amides is 2. The van der Waals surface area contributed by atoms with Gasteiger partial charge in [0.25, 0.3) is 11.8 Å². The fraction of sp³-hybridized carbons (Fsp3) is 0.845. The van der Waals surface area contributed by atoms with Gasteiger partial charge >= 0.3 is 0 Å². The summed E-state index contributed by atoms with van der Waals surface area (Å²) in [4.78, 5) is 39.5. The van der Waals surface area contributed by atoms with Crippen molar-refractivity contribution in [2.45, 2.75) is 595 Å². The van der Waals surface area contributed by atoms with Crippen molar-refractivity contribution in [3.05, 3.63) is 47.0 Å². The largest absolute Gasteiger partial charge is 0.489 e. The summed E-state index contributed by atoms with van der Waals surface area (Å²) in [7, 11) is 0. The van der Waals surface area contributed by atoms with Gasteiger partial charge in [0.15, 0.2) is 23.0 Å². The number of hydrogen-bond acceptors (Lipinski definition) is 10. The molecule has 2 N–H and O–H groups in total. The average Bonchev–Trinajstić information content (AvgIpc) is 0.802. The van der Waals surface area contributed by atoms with Crippen molar-refractivity contribution in [2.24, 2.45) is 0 Å². The molecule has 2 amide bonds. The van der Waals surface area contributed by atoms with Crippen LogP contribution in [0.15, 0.2) is 24.3 Å². The van der Waals surface area contributed by atoms with Crippen LogP contribution in [0.3, 0.4) is 0 Å². The van der Waals surface area contributed by atoms with Crippen molar-refractivity contribution in [1.82, 2.24) is 9.97 Å². The molecule has 0 atom stereocenters. The molecule has 1 aromatic heterocycles. The van der Waals surface area contributed by atoms with E-state index in [4.69, 9.17) is 38.4 Å². The van der Waals surface area contributed by atoms with Gasteiger partial charge in [-0.05, 0) is 52.4 Å². The number of nitrogens with zero attached hydrogens (tertiary/aromatic N) is 2. The zero-order valence-electron chi connectivity index (χ0n) is 86.1. The molecule has 0 aliphatic heterocycles. The molecule has 0 aliphatic carbocycles. The Morgan fingerprint density at radius 3 is 0.461 bits per heavy atom. The van der Waals surface area contributed by atoms with E-state index >= 15 is 0 Å². The van der Waals surface area contributed by atoms with Gasteiger partial charge in [-0.1, -0.05) is 542 Å². The van der Waals surface area contributed by atoms with Crippen LogP contribution < -0.4 is 39.1 Å². The predicted octanol–water partition coefficient (Wildman–Crippen LogP) is 38.8. The van der Waals surface area contributed by atoms with E-state index < -0.39 is 11.8 Å². The van der Waals surface area contributed by atoms with Gasteiger partial charge in [0.2, 0.25) is 11.5 Å². The number of unbranched alkanes of at least 4 members (excludes halogenated alkanes) is 78. The third-order valence-electron chi connectivity index (χ3n) is 26.7. The SMILES string of the molecule is CCCCCCCCCCCCCCCCOc1cc(NC(=O)c2nc(C)c(C(=O)Nc3cc(OCCCCCCCCCCCCCCCC)c(OCCCCCCCCCCCCCCCC)c(OCCCCCCCCCCCCCCCC)c3)nc2C)cc(OCCCCCCCCCCCCCCCC)c1OCCCCCCCCCCCCCCCC. The highest BCUT2D eigenvalue weighted by atomic mass is 16.5. The van der Waals surface area contributed by atoms with E-state index in [0.29, 0.717) is 96.9 Å². The fourth-order valence-corrected chi connectivity index (χ4v) is 18.3. The summed E-state index contributed by atoms with van der Waals surface area (Å²) < 4.78 is 40.8. The van der Waals surface area contributed by atoms with Crippen molar-refractivity contribution in [2.75, 3.05) is 50.3 Å². The molecular formula is C116H210N4O8. The number of nitrogens with one attached hydrogen (secondary N) is 2. The maximum atomic E-state index is 14.9. The lowest BCUT2D eigenvalue weighted by Crippen LogP contribution is -2.22. The molecule has 1 heterocycles. The molecule has 2 aromatic carbocycles. The Kier molecular flexibility index (Phi) is 82.6. The molecular weight excluding hydrogens is 1580 g/mol. The zero-order valence-corrected chi connectivity index (χ0v) is 86.1. The number of carbonyl (C=O) groups excluding carboxylic acids is 2. The van der Waals surface area contributed by atoms with Gasteiger partial charge in [0.05, 0.1) is 51.0 Å². The molecule has 0 fully saturated rings. The van der Waals surface area contributed by atoms with Gasteiger partial charge in [-0.25, -0.2) is 9.97 Å². The molecule has 0 saturated carbocycles. The standard InChI is InChI=1S/C116H210N4O8/c1-9-15-21-27-33-39-45-51-57-63-69-75-81-87-93-123-107-99-105(100-108(124-94-88-82-76-70-64-58-52-46-40-34-28-22-16-10-2)113(107)127-97-91-85-79-73-67-61-55-49-43-37-31-25-19-13-5)119-115(121)111-103(7)118-112(104(8)117-111)116(122)120-106-101-109(125-95-89-83-77-71-65-59-53-47-41-35-29-23-17-11-3)114(128-98-92-86-80-74-68-62-56-50-44-38-32-26-20-14-6)110(102-106)126-96-90-84-78-72-66-60-54-48-42-36-30-24-18-12-4/h99-102H,9-98H2,1-8H3,(H,119,121)(H,120,122). The van der Waals surface area contributed by atoms with Crippen molar-refractivity contribution in [3.63, 3.8) is 0 Å². The Bertz CT molecular complexity index is 2630. The first-order chi connectivity index (χ1) is 63.2. The van der Waals surface area contributed by atoms with E-state index in [0.717, 1.165) is 77.0 Å². The minimum atomic E-state index is -0.428. The molecule has 0 bridgehead atoms. The van der Waals surface area contributed by atoms with E-state index in [2.05, 4.69) is 52.2 Å². The predicted molar refractivity (Wildman–Crippen MR) is 555 cm³/mol. The molecule has 3 aromatic rings. The van der Waals surface area contributed by atoms with Gasteiger partial charge in [-0.2, -0.15) is 0 Å². The number of hydrogen-bond donors (Lipinski definition) is 2. The first-order valence-electron chi connectivity index (χ1n) is 56.8. The molecule has 0 radical (unpaired) electrons. The summed E-state index contributed by atoms with van der Waals surface area (Å²) in [6.07, 6.45) is 109. The number of aryl methyl sites for hydroxylation is 2. The van der Waals surface area contributed by atoms with Crippen LogP contribution in [-0.2, 0) is 0 Å². The van der Waals surface area contributed by atoms with Gasteiger partial charge in [0, 0.05) is 35.6 Å². The number of aromatic nitrogens is 2. The van der Waals surface area contributed by atoms with Crippen LogP contribution in [0.2, 0.25) is 0 Å². The third kappa shape index (κ3) is 67.4. The van der Waals surface area contributed by atoms with E-state index in [-0.39, 0.29) is 11.4 Å². The average molecular weight is 1790 g/mol. The number of anilines is 2. The lowest BCUT2D eigenvalue weighted by molar-refractivity contribution is 0.100. The Balaban J connectivity index is 1.93. The van der Waals surface area contributed by atoms with E-state index in [9.17, 15) is 9.59 Å². The Labute approximate surface area is 793 Å². The highest BCUT2D eigenvalue weighted by molar-refractivity contribution is 6.06. The minimum Gasteiger partial charge on any atom is -0.489 e. The zero-order chi connectivity index (χ0) is 91.6. The summed E-state index contributed by atoms with van der Waals surface area (Å²) in [5.41, 5.74) is 2.04. The smallest absolute Gasteiger partial charge is 0.276 e. The minimum absolute atomic E-state index is 0.144. The van der Waals surface area contributed by atoms with Crippen LogP contribution in [0.4, 0.5) is 11.4 Å². The van der Waals surface area contributed by atoms with Crippen molar-refractivity contribution in [3.8, 4) is 34.5 Å². The van der Waals surface area contributed by atoms with Gasteiger partial charge < -0.3 is 39.1 Å². The van der Waals surface area contributed by atoms with Gasteiger partial charge in [-0.15, -0.1) is 0 Å². The van der Waals surface area contributed by atoms with Crippen LogP contribution in [0, 0.1) is 13.8 Å². The second-order valence-corrected chi connectivity index (χ2v) is 39.3. The monoisotopic (exact) mass is 1790 g/mol. The lowest BCUT2D eigenvalue weighted by Gasteiger charge is -2.20. The second-order valence-electron chi connectivity index (χ2n) is 39.3. The van der Waals surface area contributed by atoms with E-state index in [1.807, 2.05) is 24.3 Å². The van der Waals surface area contributed by atoms with E-state index in [1.165, 1.54) is 462 Å². The maximum Gasteiger partial charge on any atom is 0.276 e. The summed E-state index contributed by atoms with van der Waals surface area (Å²) in [5.74, 6) is 2.71. The van der Waals surface area contributed by atoms with Gasteiger partial charge in [0.1, 0.15) is 11.4 Å². The molecule has 12 nitrogen and oxygen atoms in total. The molecule has 128 heavy (non-hydrogen) atoms.